The van der Waals surface area contributed by atoms with E-state index in [0.29, 0.717) is 0 Å². The van der Waals surface area contributed by atoms with E-state index in [1.807, 2.05) is 0 Å². The second-order valence-corrected chi connectivity index (χ2v) is 2.83. The van der Waals surface area contributed by atoms with Crippen LogP contribution < -0.4 is 11.3 Å². The van der Waals surface area contributed by atoms with E-state index in [2.05, 4.69) is 5.43 Å². The van der Waals surface area contributed by atoms with Crippen LogP contribution in [0.1, 0.15) is 19.3 Å². The minimum atomic E-state index is 0.799. The number of hydrogen-bond acceptors (Lipinski definition) is 3. The Morgan fingerprint density at radius 1 is 1.60 bits per heavy atom. The van der Waals surface area contributed by atoms with Crippen molar-refractivity contribution >= 4 is 0 Å². The first-order chi connectivity index (χ1) is 4.93. The molecule has 0 aromatic carbocycles. The van der Waals surface area contributed by atoms with E-state index < -0.39 is 0 Å². The third-order valence-electron chi connectivity index (χ3n) is 1.96. The van der Waals surface area contributed by atoms with Crippen LogP contribution in [0, 0.1) is 5.92 Å². The van der Waals surface area contributed by atoms with Crippen molar-refractivity contribution in [2.45, 2.75) is 19.3 Å². The van der Waals surface area contributed by atoms with Crippen LogP contribution in [0.4, 0.5) is 0 Å². The van der Waals surface area contributed by atoms with E-state index in [0.717, 1.165) is 25.7 Å². The second-order valence-electron chi connectivity index (χ2n) is 2.83. The molecule has 0 aliphatic carbocycles. The lowest BCUT2D eigenvalue weighted by molar-refractivity contribution is 0.184. The van der Waals surface area contributed by atoms with Crippen LogP contribution >= 0.6 is 0 Å². The number of ether oxygens (including phenoxy) is 1. The minimum absolute atomic E-state index is 0.799. The largest absolute Gasteiger partial charge is 0.381 e. The molecule has 60 valence electrons. The zero-order chi connectivity index (χ0) is 7.23. The molecule has 10 heavy (non-hydrogen) atoms. The quantitative estimate of drug-likeness (QED) is 0.338. The molecule has 1 fully saturated rings. The van der Waals surface area contributed by atoms with Crippen LogP contribution in [-0.4, -0.2) is 19.8 Å². The molecule has 0 aromatic rings. The first kappa shape index (κ1) is 7.98. The molecule has 1 saturated heterocycles. The predicted molar refractivity (Wildman–Crippen MR) is 40.4 cm³/mol. The Labute approximate surface area is 61.9 Å². The topological polar surface area (TPSA) is 47.3 Å². The zero-order valence-corrected chi connectivity index (χ0v) is 6.31. The van der Waals surface area contributed by atoms with Crippen LogP contribution in [-0.2, 0) is 4.74 Å². The van der Waals surface area contributed by atoms with Gasteiger partial charge in [-0.3, -0.25) is 11.3 Å². The number of hydrazine groups is 1. The summed E-state index contributed by atoms with van der Waals surface area (Å²) in [4.78, 5) is 0. The molecule has 0 bridgehead atoms. The molecule has 3 N–H and O–H groups in total. The summed E-state index contributed by atoms with van der Waals surface area (Å²) in [5, 5.41) is 0. The van der Waals surface area contributed by atoms with Gasteiger partial charge < -0.3 is 4.74 Å². The summed E-state index contributed by atoms with van der Waals surface area (Å²) in [6.07, 6.45) is 3.67. The Hall–Kier alpha value is -0.120. The smallest absolute Gasteiger partial charge is 0.0495 e. The van der Waals surface area contributed by atoms with Crippen molar-refractivity contribution < 1.29 is 4.74 Å². The Kier molecular flexibility index (Phi) is 3.72. The lowest BCUT2D eigenvalue weighted by Gasteiger charge is -2.05. The van der Waals surface area contributed by atoms with Gasteiger partial charge in [-0.25, -0.2) is 0 Å². The summed E-state index contributed by atoms with van der Waals surface area (Å²) < 4.78 is 5.24. The monoisotopic (exact) mass is 144 g/mol. The van der Waals surface area contributed by atoms with Gasteiger partial charge in [0.15, 0.2) is 0 Å². The summed E-state index contributed by atoms with van der Waals surface area (Å²) in [5.41, 5.74) is 2.65. The maximum atomic E-state index is 5.24. The normalized spacial score (nSPS) is 25.5. The molecule has 1 rings (SSSR count). The summed E-state index contributed by atoms with van der Waals surface area (Å²) in [5.74, 6) is 5.93. The highest BCUT2D eigenvalue weighted by Gasteiger charge is 2.14. The van der Waals surface area contributed by atoms with Crippen molar-refractivity contribution in [3.05, 3.63) is 0 Å². The molecule has 0 saturated carbocycles. The zero-order valence-electron chi connectivity index (χ0n) is 6.31. The van der Waals surface area contributed by atoms with Crippen molar-refractivity contribution in [3.8, 4) is 0 Å². The second kappa shape index (κ2) is 4.66. The Balaban J connectivity index is 1.91. The SMILES string of the molecule is NNCCCC1CCOC1. The molecule has 0 aromatic heterocycles. The Bertz CT molecular complexity index is 81.7. The predicted octanol–water partition coefficient (Wildman–Crippen LogP) is 0.266. The summed E-state index contributed by atoms with van der Waals surface area (Å²) in [6, 6.07) is 0. The highest BCUT2D eigenvalue weighted by atomic mass is 16.5. The van der Waals surface area contributed by atoms with Crippen LogP contribution in [0.15, 0.2) is 0 Å². The van der Waals surface area contributed by atoms with Crippen LogP contribution in [0.25, 0.3) is 0 Å². The molecule has 1 aliphatic heterocycles. The number of nitrogens with two attached hydrogens (primary N) is 1. The van der Waals surface area contributed by atoms with Gasteiger partial charge in [-0.1, -0.05) is 0 Å². The summed E-state index contributed by atoms with van der Waals surface area (Å²) in [6.45, 7) is 2.85. The molecule has 0 amide bonds. The molecular formula is C7H16N2O. The van der Waals surface area contributed by atoms with Crippen molar-refractivity contribution in [3.63, 3.8) is 0 Å². The van der Waals surface area contributed by atoms with Gasteiger partial charge in [0.1, 0.15) is 0 Å². The van der Waals surface area contributed by atoms with Gasteiger partial charge in [0.2, 0.25) is 0 Å². The molecule has 3 nitrogen and oxygen atoms in total. The number of nitrogens with one attached hydrogen (secondary N) is 1. The first-order valence-corrected chi connectivity index (χ1v) is 3.94. The lowest BCUT2D eigenvalue weighted by atomic mass is 10.0. The fourth-order valence-corrected chi connectivity index (χ4v) is 1.30. The van der Waals surface area contributed by atoms with Gasteiger partial charge in [0.05, 0.1) is 0 Å². The standard InChI is InChI=1S/C7H16N2O/c8-9-4-1-2-7-3-5-10-6-7/h7,9H,1-6,8H2. The third kappa shape index (κ3) is 2.64. The van der Waals surface area contributed by atoms with Gasteiger partial charge in [-0.05, 0) is 25.2 Å². The van der Waals surface area contributed by atoms with Crippen LogP contribution in [0.5, 0.6) is 0 Å². The maximum absolute atomic E-state index is 5.24. The van der Waals surface area contributed by atoms with Crippen LogP contribution in [0.3, 0.4) is 0 Å². The molecule has 0 radical (unpaired) electrons. The van der Waals surface area contributed by atoms with Gasteiger partial charge in [0.25, 0.3) is 0 Å². The van der Waals surface area contributed by atoms with E-state index >= 15 is 0 Å². The number of rotatable bonds is 4. The lowest BCUT2D eigenvalue weighted by Crippen LogP contribution is -2.23. The van der Waals surface area contributed by atoms with Gasteiger partial charge in [0, 0.05) is 19.8 Å². The maximum Gasteiger partial charge on any atom is 0.0495 e. The Morgan fingerprint density at radius 3 is 3.10 bits per heavy atom. The van der Waals surface area contributed by atoms with E-state index in [4.69, 9.17) is 10.6 Å². The van der Waals surface area contributed by atoms with E-state index in [1.165, 1.54) is 19.3 Å². The molecular weight excluding hydrogens is 128 g/mol. The van der Waals surface area contributed by atoms with E-state index in [9.17, 15) is 0 Å². The third-order valence-corrected chi connectivity index (χ3v) is 1.96. The van der Waals surface area contributed by atoms with Crippen molar-refractivity contribution in [1.82, 2.24) is 5.43 Å². The highest BCUT2D eigenvalue weighted by molar-refractivity contribution is 4.63. The van der Waals surface area contributed by atoms with Gasteiger partial charge >= 0.3 is 0 Å². The van der Waals surface area contributed by atoms with Crippen LogP contribution in [0.2, 0.25) is 0 Å². The molecule has 1 heterocycles. The molecule has 3 heteroatoms. The van der Waals surface area contributed by atoms with E-state index in [1.54, 1.807) is 0 Å². The van der Waals surface area contributed by atoms with Crippen molar-refractivity contribution in [1.29, 1.82) is 0 Å². The molecule has 1 atom stereocenters. The van der Waals surface area contributed by atoms with Gasteiger partial charge in [-0.15, -0.1) is 0 Å². The fourth-order valence-electron chi connectivity index (χ4n) is 1.30. The summed E-state index contributed by atoms with van der Waals surface area (Å²) >= 11 is 0. The molecule has 1 unspecified atom stereocenters. The Morgan fingerprint density at radius 2 is 2.50 bits per heavy atom. The molecule has 1 aliphatic rings. The van der Waals surface area contributed by atoms with Crippen molar-refractivity contribution in [2.75, 3.05) is 19.8 Å². The first-order valence-electron chi connectivity index (χ1n) is 3.94. The highest BCUT2D eigenvalue weighted by Crippen LogP contribution is 2.17. The van der Waals surface area contributed by atoms with E-state index in [-0.39, 0.29) is 0 Å². The molecule has 0 spiro atoms. The van der Waals surface area contributed by atoms with Crippen molar-refractivity contribution in [2.24, 2.45) is 11.8 Å². The fraction of sp³-hybridized carbons (Fsp3) is 1.00. The summed E-state index contributed by atoms with van der Waals surface area (Å²) in [7, 11) is 0. The minimum Gasteiger partial charge on any atom is -0.381 e. The average Bonchev–Trinajstić information content (AvgIpc) is 2.41. The van der Waals surface area contributed by atoms with Gasteiger partial charge in [-0.2, -0.15) is 0 Å². The number of hydrogen-bond donors (Lipinski definition) is 2. The average molecular weight is 144 g/mol.